The number of carbonyl (C=O) groups is 1. The molecule has 172 valence electrons. The highest BCUT2D eigenvalue weighted by atomic mass is 32.2. The van der Waals surface area contributed by atoms with Gasteiger partial charge in [-0.25, -0.2) is 8.42 Å². The van der Waals surface area contributed by atoms with Crippen molar-refractivity contribution in [1.82, 2.24) is 14.1 Å². The molecular weight excluding hydrogens is 424 g/mol. The minimum atomic E-state index is -3.54. The molecule has 0 N–H and O–H groups in total. The summed E-state index contributed by atoms with van der Waals surface area (Å²) in [6.45, 7) is 9.23. The van der Waals surface area contributed by atoms with Crippen LogP contribution in [-0.2, 0) is 14.8 Å². The highest BCUT2D eigenvalue weighted by Crippen LogP contribution is 2.22. The topological polar surface area (TPSA) is 64.2 Å². The quantitative estimate of drug-likeness (QED) is 0.688. The SMILES string of the molecule is Cc1ccc(S(=O)(=O)N2CCN(C(=O)CN3CCN(c4ccccc4)CC3)CC2)c(C)c1. The predicted octanol–water partition coefficient (Wildman–Crippen LogP) is 1.96. The van der Waals surface area contributed by atoms with Crippen molar-refractivity contribution >= 4 is 21.6 Å². The molecule has 4 rings (SSSR count). The van der Waals surface area contributed by atoms with Crippen molar-refractivity contribution < 1.29 is 13.2 Å². The Labute approximate surface area is 191 Å². The van der Waals surface area contributed by atoms with Crippen LogP contribution in [0.1, 0.15) is 11.1 Å². The van der Waals surface area contributed by atoms with Crippen molar-refractivity contribution in [3.05, 3.63) is 59.7 Å². The summed E-state index contributed by atoms with van der Waals surface area (Å²) >= 11 is 0. The zero-order chi connectivity index (χ0) is 22.7. The molecule has 2 heterocycles. The van der Waals surface area contributed by atoms with E-state index in [9.17, 15) is 13.2 Å². The lowest BCUT2D eigenvalue weighted by molar-refractivity contribution is -0.133. The highest BCUT2D eigenvalue weighted by Gasteiger charge is 2.31. The van der Waals surface area contributed by atoms with E-state index in [1.54, 1.807) is 11.0 Å². The van der Waals surface area contributed by atoms with Crippen LogP contribution in [0.5, 0.6) is 0 Å². The van der Waals surface area contributed by atoms with Gasteiger partial charge in [0.15, 0.2) is 0 Å². The van der Waals surface area contributed by atoms with Crippen molar-refractivity contribution in [3.8, 4) is 0 Å². The monoisotopic (exact) mass is 456 g/mol. The van der Waals surface area contributed by atoms with Crippen molar-refractivity contribution in [3.63, 3.8) is 0 Å². The van der Waals surface area contributed by atoms with Crippen LogP contribution < -0.4 is 4.90 Å². The van der Waals surface area contributed by atoms with Gasteiger partial charge in [0.05, 0.1) is 11.4 Å². The van der Waals surface area contributed by atoms with Crippen LogP contribution in [0.4, 0.5) is 5.69 Å². The first-order valence-electron chi connectivity index (χ1n) is 11.2. The lowest BCUT2D eigenvalue weighted by atomic mass is 10.2. The standard InChI is InChI=1S/C24H32N4O3S/c1-20-8-9-23(21(2)18-20)32(30,31)28-16-14-27(15-17-28)24(29)19-25-10-12-26(13-11-25)22-6-4-3-5-7-22/h3-9,18H,10-17,19H2,1-2H3. The molecule has 0 saturated carbocycles. The maximum Gasteiger partial charge on any atom is 0.243 e. The van der Waals surface area contributed by atoms with Gasteiger partial charge in [-0.15, -0.1) is 0 Å². The lowest BCUT2D eigenvalue weighted by Crippen LogP contribution is -2.54. The molecule has 0 bridgehead atoms. The molecule has 0 aliphatic carbocycles. The molecule has 2 aliphatic rings. The Morgan fingerprint density at radius 3 is 2.12 bits per heavy atom. The largest absolute Gasteiger partial charge is 0.369 e. The van der Waals surface area contributed by atoms with E-state index in [1.807, 2.05) is 44.2 Å². The van der Waals surface area contributed by atoms with Crippen LogP contribution >= 0.6 is 0 Å². The Kier molecular flexibility index (Phi) is 6.83. The van der Waals surface area contributed by atoms with Crippen molar-refractivity contribution in [2.75, 3.05) is 63.8 Å². The molecule has 7 nitrogen and oxygen atoms in total. The van der Waals surface area contributed by atoms with Gasteiger partial charge >= 0.3 is 0 Å². The Balaban J connectivity index is 1.28. The normalized spacial score (nSPS) is 18.7. The van der Waals surface area contributed by atoms with Crippen LogP contribution in [0.15, 0.2) is 53.4 Å². The summed E-state index contributed by atoms with van der Waals surface area (Å²) in [4.78, 5) is 19.5. The molecule has 8 heteroatoms. The van der Waals surface area contributed by atoms with E-state index < -0.39 is 10.0 Å². The van der Waals surface area contributed by atoms with E-state index in [1.165, 1.54) is 9.99 Å². The number of rotatable bonds is 5. The molecule has 2 aromatic rings. The van der Waals surface area contributed by atoms with Gasteiger partial charge in [0.1, 0.15) is 0 Å². The van der Waals surface area contributed by atoms with Gasteiger partial charge in [-0.05, 0) is 37.6 Å². The molecule has 32 heavy (non-hydrogen) atoms. The van der Waals surface area contributed by atoms with Gasteiger partial charge in [-0.1, -0.05) is 35.9 Å². The molecule has 0 radical (unpaired) electrons. The van der Waals surface area contributed by atoms with Crippen LogP contribution in [0.25, 0.3) is 0 Å². The first-order valence-corrected chi connectivity index (χ1v) is 12.7. The summed E-state index contributed by atoms with van der Waals surface area (Å²) in [5.41, 5.74) is 3.03. The highest BCUT2D eigenvalue weighted by molar-refractivity contribution is 7.89. The van der Waals surface area contributed by atoms with Crippen molar-refractivity contribution in [1.29, 1.82) is 0 Å². The first-order chi connectivity index (χ1) is 15.3. The number of para-hydroxylation sites is 1. The average molecular weight is 457 g/mol. The molecule has 0 unspecified atom stereocenters. The number of amides is 1. The minimum Gasteiger partial charge on any atom is -0.369 e. The second-order valence-electron chi connectivity index (χ2n) is 8.65. The van der Waals surface area contributed by atoms with Crippen LogP contribution in [0.2, 0.25) is 0 Å². The van der Waals surface area contributed by atoms with E-state index in [-0.39, 0.29) is 5.91 Å². The summed E-state index contributed by atoms with van der Waals surface area (Å²) in [5, 5.41) is 0. The second-order valence-corrected chi connectivity index (χ2v) is 10.6. The smallest absolute Gasteiger partial charge is 0.243 e. The summed E-state index contributed by atoms with van der Waals surface area (Å²) < 4.78 is 27.6. The number of benzene rings is 2. The maximum absolute atomic E-state index is 13.1. The Morgan fingerprint density at radius 2 is 1.50 bits per heavy atom. The third-order valence-corrected chi connectivity index (χ3v) is 8.45. The van der Waals surface area contributed by atoms with Crippen LogP contribution in [0.3, 0.4) is 0 Å². The number of piperazine rings is 2. The molecule has 0 spiro atoms. The fourth-order valence-corrected chi connectivity index (χ4v) is 6.13. The molecule has 2 aliphatic heterocycles. The molecule has 0 aromatic heterocycles. The number of hydrogen-bond donors (Lipinski definition) is 0. The summed E-state index contributed by atoms with van der Waals surface area (Å²) in [6.07, 6.45) is 0. The van der Waals surface area contributed by atoms with Gasteiger partial charge in [-0.2, -0.15) is 4.31 Å². The third-order valence-electron chi connectivity index (χ3n) is 6.39. The molecule has 0 atom stereocenters. The molecular formula is C24H32N4O3S. The Hall–Kier alpha value is -2.42. The number of hydrogen-bond acceptors (Lipinski definition) is 5. The van der Waals surface area contributed by atoms with Gasteiger partial charge in [0.25, 0.3) is 0 Å². The number of sulfonamides is 1. The first kappa shape index (κ1) is 22.8. The van der Waals surface area contributed by atoms with Crippen molar-refractivity contribution in [2.24, 2.45) is 0 Å². The lowest BCUT2D eigenvalue weighted by Gasteiger charge is -2.38. The molecule has 2 saturated heterocycles. The molecule has 2 aromatic carbocycles. The fourth-order valence-electron chi connectivity index (χ4n) is 4.50. The molecule has 1 amide bonds. The Bertz CT molecular complexity index is 1040. The van der Waals surface area contributed by atoms with E-state index in [2.05, 4.69) is 21.9 Å². The zero-order valence-electron chi connectivity index (χ0n) is 18.9. The fraction of sp³-hybridized carbons (Fsp3) is 0.458. The van der Waals surface area contributed by atoms with Gasteiger partial charge in [0, 0.05) is 58.0 Å². The Morgan fingerprint density at radius 1 is 0.844 bits per heavy atom. The van der Waals surface area contributed by atoms with Gasteiger partial charge in [0.2, 0.25) is 15.9 Å². The number of anilines is 1. The summed E-state index contributed by atoms with van der Waals surface area (Å²) in [6, 6.07) is 15.8. The van der Waals surface area contributed by atoms with Crippen LogP contribution in [0, 0.1) is 13.8 Å². The summed E-state index contributed by atoms with van der Waals surface area (Å²) in [5.74, 6) is 0.0849. The minimum absolute atomic E-state index is 0.0849. The average Bonchev–Trinajstić information content (AvgIpc) is 2.80. The van der Waals surface area contributed by atoms with Crippen molar-refractivity contribution in [2.45, 2.75) is 18.7 Å². The third kappa shape index (κ3) is 4.98. The van der Waals surface area contributed by atoms with E-state index in [0.717, 1.165) is 37.3 Å². The van der Waals surface area contributed by atoms with E-state index >= 15 is 0 Å². The molecule has 2 fully saturated rings. The maximum atomic E-state index is 13.1. The van der Waals surface area contributed by atoms with E-state index in [0.29, 0.717) is 37.6 Å². The second kappa shape index (κ2) is 9.60. The predicted molar refractivity (Wildman–Crippen MR) is 126 cm³/mol. The van der Waals surface area contributed by atoms with E-state index in [4.69, 9.17) is 0 Å². The zero-order valence-corrected chi connectivity index (χ0v) is 19.7. The summed E-state index contributed by atoms with van der Waals surface area (Å²) in [7, 11) is -3.54. The number of carbonyl (C=O) groups excluding carboxylic acids is 1. The number of aryl methyl sites for hydroxylation is 2. The van der Waals surface area contributed by atoms with Gasteiger partial charge in [-0.3, -0.25) is 9.69 Å². The van der Waals surface area contributed by atoms with Gasteiger partial charge < -0.3 is 9.80 Å². The number of nitrogens with zero attached hydrogens (tertiary/aromatic N) is 4. The van der Waals surface area contributed by atoms with Crippen LogP contribution in [-0.4, -0.2) is 87.3 Å².